The summed E-state index contributed by atoms with van der Waals surface area (Å²) in [5.74, 6) is -0.444. The molecule has 26 heavy (non-hydrogen) atoms. The monoisotopic (exact) mass is 372 g/mol. The van der Waals surface area contributed by atoms with Crippen molar-refractivity contribution in [3.8, 4) is 0 Å². The molecule has 1 N–H and O–H groups in total. The van der Waals surface area contributed by atoms with Crippen molar-refractivity contribution in [1.82, 2.24) is 0 Å². The normalized spacial score (nSPS) is 17.0. The van der Waals surface area contributed by atoms with Crippen LogP contribution in [0.25, 0.3) is 0 Å². The molecule has 2 aromatic carbocycles. The van der Waals surface area contributed by atoms with Crippen LogP contribution in [0.2, 0.25) is 0 Å². The van der Waals surface area contributed by atoms with Crippen LogP contribution in [0.15, 0.2) is 42.5 Å². The molecule has 1 saturated heterocycles. The van der Waals surface area contributed by atoms with E-state index in [0.717, 1.165) is 11.1 Å². The van der Waals surface area contributed by atoms with Crippen molar-refractivity contribution in [2.24, 2.45) is 5.92 Å². The van der Waals surface area contributed by atoms with Crippen LogP contribution in [-0.2, 0) is 9.59 Å². The molecule has 0 bridgehead atoms. The maximum absolute atomic E-state index is 14.4. The predicted octanol–water partition coefficient (Wildman–Crippen LogP) is 4.51. The van der Waals surface area contributed by atoms with Crippen molar-refractivity contribution in [1.29, 1.82) is 0 Å². The molecule has 0 unspecified atom stereocenters. The molecule has 0 radical (unpaired) electrons. The summed E-state index contributed by atoms with van der Waals surface area (Å²) in [7, 11) is 0. The van der Waals surface area contributed by atoms with Crippen LogP contribution in [-0.4, -0.2) is 17.6 Å². The molecule has 1 fully saturated rings. The van der Waals surface area contributed by atoms with Gasteiger partial charge in [-0.1, -0.05) is 32.0 Å². The summed E-state index contributed by atoms with van der Waals surface area (Å²) in [6, 6.07) is 12.1. The number of nitrogens with one attached hydrogen (secondary N) is 1. The standard InChI is InChI=1S/C20H21FN2O2S/c1-12(2)19(25)22-15-6-4-5-14(10-15)20-23(18(24)11-26-20)17-9-13(3)7-8-16(17)21/h4-10,12,20H,11H2,1-3H3,(H,22,25)/t20-/m0/s1. The van der Waals surface area contributed by atoms with Gasteiger partial charge in [-0.15, -0.1) is 11.8 Å². The van der Waals surface area contributed by atoms with Crippen LogP contribution in [0.4, 0.5) is 15.8 Å². The Morgan fingerprint density at radius 2 is 2.04 bits per heavy atom. The van der Waals surface area contributed by atoms with Crippen molar-refractivity contribution in [3.63, 3.8) is 0 Å². The van der Waals surface area contributed by atoms with Gasteiger partial charge in [-0.3, -0.25) is 14.5 Å². The number of aryl methyl sites for hydroxylation is 1. The zero-order chi connectivity index (χ0) is 18.8. The minimum Gasteiger partial charge on any atom is -0.326 e. The molecular formula is C20H21FN2O2S. The lowest BCUT2D eigenvalue weighted by Crippen LogP contribution is -2.29. The molecule has 4 nitrogen and oxygen atoms in total. The number of hydrogen-bond donors (Lipinski definition) is 1. The summed E-state index contributed by atoms with van der Waals surface area (Å²) >= 11 is 1.45. The van der Waals surface area contributed by atoms with Crippen LogP contribution in [0.1, 0.15) is 30.3 Å². The summed E-state index contributed by atoms with van der Waals surface area (Å²) in [6.45, 7) is 5.52. The fourth-order valence-electron chi connectivity index (χ4n) is 2.79. The van der Waals surface area contributed by atoms with E-state index in [0.29, 0.717) is 17.1 Å². The molecule has 2 amide bonds. The number of rotatable bonds is 4. The van der Waals surface area contributed by atoms with E-state index in [4.69, 9.17) is 0 Å². The van der Waals surface area contributed by atoms with Crippen LogP contribution in [0, 0.1) is 18.7 Å². The minimum absolute atomic E-state index is 0.0705. The first-order valence-electron chi connectivity index (χ1n) is 8.47. The van der Waals surface area contributed by atoms with Gasteiger partial charge < -0.3 is 5.32 Å². The summed E-state index contributed by atoms with van der Waals surface area (Å²) in [6.07, 6.45) is 0. The van der Waals surface area contributed by atoms with Gasteiger partial charge in [-0.05, 0) is 42.3 Å². The summed E-state index contributed by atoms with van der Waals surface area (Å²) in [5.41, 5.74) is 2.71. The molecule has 1 heterocycles. The molecule has 2 aromatic rings. The smallest absolute Gasteiger partial charge is 0.238 e. The number of hydrogen-bond acceptors (Lipinski definition) is 3. The van der Waals surface area contributed by atoms with Gasteiger partial charge in [0.25, 0.3) is 0 Å². The zero-order valence-electron chi connectivity index (χ0n) is 15.0. The molecule has 0 aromatic heterocycles. The fraction of sp³-hybridized carbons (Fsp3) is 0.300. The quantitative estimate of drug-likeness (QED) is 0.859. The Morgan fingerprint density at radius 3 is 2.77 bits per heavy atom. The lowest BCUT2D eigenvalue weighted by molar-refractivity contribution is -0.119. The Kier molecular flexibility index (Phi) is 5.32. The Labute approximate surface area is 156 Å². The lowest BCUT2D eigenvalue weighted by atomic mass is 10.1. The number of amides is 2. The first-order valence-corrected chi connectivity index (χ1v) is 9.52. The Hall–Kier alpha value is -2.34. The van der Waals surface area contributed by atoms with Crippen LogP contribution >= 0.6 is 11.8 Å². The minimum atomic E-state index is -0.416. The van der Waals surface area contributed by atoms with E-state index < -0.39 is 5.82 Å². The molecule has 1 aliphatic heterocycles. The third-order valence-electron chi connectivity index (χ3n) is 4.19. The van der Waals surface area contributed by atoms with Crippen molar-refractivity contribution < 1.29 is 14.0 Å². The van der Waals surface area contributed by atoms with E-state index in [9.17, 15) is 14.0 Å². The predicted molar refractivity (Wildman–Crippen MR) is 104 cm³/mol. The molecule has 3 rings (SSSR count). The third-order valence-corrected chi connectivity index (χ3v) is 5.41. The number of thioether (sulfide) groups is 1. The highest BCUT2D eigenvalue weighted by molar-refractivity contribution is 8.00. The second-order valence-electron chi connectivity index (χ2n) is 6.65. The van der Waals surface area contributed by atoms with Crippen molar-refractivity contribution in [2.75, 3.05) is 16.0 Å². The second kappa shape index (κ2) is 7.50. The number of carbonyl (C=O) groups is 2. The van der Waals surface area contributed by atoms with Crippen LogP contribution in [0.3, 0.4) is 0 Å². The largest absolute Gasteiger partial charge is 0.326 e. The zero-order valence-corrected chi connectivity index (χ0v) is 15.8. The topological polar surface area (TPSA) is 49.4 Å². The van der Waals surface area contributed by atoms with E-state index in [2.05, 4.69) is 5.32 Å². The SMILES string of the molecule is Cc1ccc(F)c(N2C(=O)CS[C@H]2c2cccc(NC(=O)C(C)C)c2)c1. The first kappa shape index (κ1) is 18.5. The highest BCUT2D eigenvalue weighted by Crippen LogP contribution is 2.43. The Balaban J connectivity index is 1.94. The van der Waals surface area contributed by atoms with Gasteiger partial charge in [0.15, 0.2) is 0 Å². The molecule has 1 atom stereocenters. The van der Waals surface area contributed by atoms with Gasteiger partial charge in [-0.25, -0.2) is 4.39 Å². The molecule has 0 saturated carbocycles. The fourth-order valence-corrected chi connectivity index (χ4v) is 3.95. The van der Waals surface area contributed by atoms with Crippen molar-refractivity contribution in [2.45, 2.75) is 26.1 Å². The van der Waals surface area contributed by atoms with Gasteiger partial charge in [0.2, 0.25) is 11.8 Å². The number of benzene rings is 2. The number of nitrogens with zero attached hydrogens (tertiary/aromatic N) is 1. The summed E-state index contributed by atoms with van der Waals surface area (Å²) in [5, 5.41) is 2.54. The maximum atomic E-state index is 14.4. The Bertz CT molecular complexity index is 853. The second-order valence-corrected chi connectivity index (χ2v) is 7.72. The average molecular weight is 372 g/mol. The van der Waals surface area contributed by atoms with Gasteiger partial charge in [0.05, 0.1) is 11.4 Å². The summed E-state index contributed by atoms with van der Waals surface area (Å²) in [4.78, 5) is 25.9. The van der Waals surface area contributed by atoms with Crippen molar-refractivity contribution >= 4 is 35.0 Å². The molecular weight excluding hydrogens is 351 g/mol. The number of carbonyl (C=O) groups excluding carboxylic acids is 2. The average Bonchev–Trinajstić information content (AvgIpc) is 2.98. The highest BCUT2D eigenvalue weighted by atomic mass is 32.2. The highest BCUT2D eigenvalue weighted by Gasteiger charge is 2.35. The van der Waals surface area contributed by atoms with Crippen LogP contribution < -0.4 is 10.2 Å². The van der Waals surface area contributed by atoms with E-state index in [1.165, 1.54) is 22.7 Å². The van der Waals surface area contributed by atoms with E-state index in [1.54, 1.807) is 12.1 Å². The van der Waals surface area contributed by atoms with E-state index >= 15 is 0 Å². The first-order chi connectivity index (χ1) is 12.4. The lowest BCUT2D eigenvalue weighted by Gasteiger charge is -2.25. The number of halogens is 1. The van der Waals surface area contributed by atoms with Crippen LogP contribution in [0.5, 0.6) is 0 Å². The molecule has 0 spiro atoms. The number of anilines is 2. The van der Waals surface area contributed by atoms with E-state index in [1.807, 2.05) is 45.0 Å². The van der Waals surface area contributed by atoms with Crippen molar-refractivity contribution in [3.05, 3.63) is 59.4 Å². The molecule has 6 heteroatoms. The molecule has 0 aliphatic carbocycles. The van der Waals surface area contributed by atoms with Gasteiger partial charge in [0, 0.05) is 11.6 Å². The van der Waals surface area contributed by atoms with E-state index in [-0.39, 0.29) is 23.1 Å². The maximum Gasteiger partial charge on any atom is 0.238 e. The third kappa shape index (κ3) is 3.75. The van der Waals surface area contributed by atoms with Gasteiger partial charge >= 0.3 is 0 Å². The molecule has 136 valence electrons. The molecule has 1 aliphatic rings. The van der Waals surface area contributed by atoms with Gasteiger partial charge in [-0.2, -0.15) is 0 Å². The Morgan fingerprint density at radius 1 is 1.27 bits per heavy atom. The van der Waals surface area contributed by atoms with Gasteiger partial charge in [0.1, 0.15) is 11.2 Å². The summed E-state index contributed by atoms with van der Waals surface area (Å²) < 4.78 is 14.4.